The molecule has 1 aliphatic heterocycles. The van der Waals surface area contributed by atoms with Gasteiger partial charge in [-0.05, 0) is 12.5 Å². The molecule has 1 saturated heterocycles. The Hall–Kier alpha value is -1.16. The second-order valence-corrected chi connectivity index (χ2v) is 2.44. The van der Waals surface area contributed by atoms with Gasteiger partial charge in [0.2, 0.25) is 0 Å². The van der Waals surface area contributed by atoms with Crippen molar-refractivity contribution < 1.29 is 19.1 Å². The third-order valence-electron chi connectivity index (χ3n) is 1.54. The van der Waals surface area contributed by atoms with Crippen molar-refractivity contribution in [1.82, 2.24) is 0 Å². The molecular weight excluding hydrogens is 160 g/mol. The first-order valence-electron chi connectivity index (χ1n) is 3.71. The second-order valence-electron chi connectivity index (χ2n) is 2.44. The molecule has 0 aromatic rings. The predicted octanol–water partition coefficient (Wildman–Crippen LogP) is 0.421. The minimum atomic E-state index is -1.48. The summed E-state index contributed by atoms with van der Waals surface area (Å²) >= 11 is 0. The first-order valence-corrected chi connectivity index (χ1v) is 3.71. The summed E-state index contributed by atoms with van der Waals surface area (Å²) in [6.45, 7) is 5.63. The number of ketones is 1. The lowest BCUT2D eigenvalue weighted by molar-refractivity contribution is -0.239. The number of Topliss-reactive ketones (excluding diaryl/α,β-unsaturated/α-hetero) is 1. The third-order valence-corrected chi connectivity index (χ3v) is 1.54. The molecular formula is C8H10O4. The zero-order valence-corrected chi connectivity index (χ0v) is 6.83. The Bertz CT molecular complexity index is 233. The Morgan fingerprint density at radius 2 is 2.33 bits per heavy atom. The van der Waals surface area contributed by atoms with Crippen LogP contribution in [0, 0.1) is 0 Å². The van der Waals surface area contributed by atoms with Gasteiger partial charge >= 0.3 is 17.5 Å². The highest BCUT2D eigenvalue weighted by molar-refractivity contribution is 6.42. The Balaban J connectivity index is 2.60. The van der Waals surface area contributed by atoms with E-state index in [1.165, 1.54) is 6.08 Å². The summed E-state index contributed by atoms with van der Waals surface area (Å²) in [5.74, 6) is -3.01. The van der Waals surface area contributed by atoms with Crippen molar-refractivity contribution in [1.29, 1.82) is 0 Å². The smallest absolute Gasteiger partial charge is 0.385 e. The van der Waals surface area contributed by atoms with Crippen LogP contribution in [0.1, 0.15) is 13.3 Å². The lowest BCUT2D eigenvalue weighted by Crippen LogP contribution is -2.58. The molecule has 1 fully saturated rings. The van der Waals surface area contributed by atoms with Crippen molar-refractivity contribution in [3.05, 3.63) is 12.7 Å². The molecule has 1 unspecified atom stereocenters. The van der Waals surface area contributed by atoms with Crippen LogP contribution in [0.3, 0.4) is 0 Å². The quantitative estimate of drug-likeness (QED) is 0.348. The van der Waals surface area contributed by atoms with E-state index < -0.39 is 17.5 Å². The van der Waals surface area contributed by atoms with Crippen molar-refractivity contribution in [3.8, 4) is 0 Å². The fraction of sp³-hybridized carbons (Fsp3) is 0.500. The Kier molecular flexibility index (Phi) is 2.28. The van der Waals surface area contributed by atoms with E-state index in [1.807, 2.05) is 6.92 Å². The zero-order chi connectivity index (χ0) is 9.19. The van der Waals surface area contributed by atoms with Gasteiger partial charge in [0.15, 0.2) is 0 Å². The average molecular weight is 170 g/mol. The van der Waals surface area contributed by atoms with E-state index in [2.05, 4.69) is 11.3 Å². The average Bonchev–Trinajstić information content (AvgIpc) is 2.11. The highest BCUT2D eigenvalue weighted by atomic mass is 16.7. The number of hydrogen-bond acceptors (Lipinski definition) is 4. The number of carbonyl (C=O) groups excluding carboxylic acids is 2. The summed E-state index contributed by atoms with van der Waals surface area (Å²) < 4.78 is 9.60. The number of ether oxygens (including phenoxy) is 2. The Labute approximate surface area is 70.1 Å². The summed E-state index contributed by atoms with van der Waals surface area (Å²) in [6.07, 6.45) is 1.95. The fourth-order valence-electron chi connectivity index (χ4n) is 0.868. The normalized spacial score (nSPS) is 27.8. The highest BCUT2D eigenvalue weighted by Gasteiger charge is 2.55. The van der Waals surface area contributed by atoms with E-state index >= 15 is 0 Å². The van der Waals surface area contributed by atoms with E-state index in [0.717, 1.165) is 6.42 Å². The number of hydrogen-bond donors (Lipinski definition) is 0. The van der Waals surface area contributed by atoms with Crippen molar-refractivity contribution in [3.63, 3.8) is 0 Å². The van der Waals surface area contributed by atoms with Crippen molar-refractivity contribution in [2.75, 3.05) is 6.61 Å². The first-order chi connectivity index (χ1) is 5.66. The summed E-state index contributed by atoms with van der Waals surface area (Å²) in [5, 5.41) is 0. The van der Waals surface area contributed by atoms with Gasteiger partial charge < -0.3 is 9.47 Å². The highest BCUT2D eigenvalue weighted by Crippen LogP contribution is 2.26. The van der Waals surface area contributed by atoms with E-state index in [1.54, 1.807) is 0 Å². The topological polar surface area (TPSA) is 52.6 Å². The number of carbonyl (C=O) groups is 2. The molecule has 4 heteroatoms. The molecule has 12 heavy (non-hydrogen) atoms. The van der Waals surface area contributed by atoms with Gasteiger partial charge in [-0.1, -0.05) is 13.5 Å². The zero-order valence-electron chi connectivity index (χ0n) is 6.83. The number of esters is 1. The standard InChI is InChI=1S/C8H10O4/c1-3-5-11-8(4-2)6(9)7(10)12-8/h4H,2-3,5H2,1H3. The summed E-state index contributed by atoms with van der Waals surface area (Å²) in [5.41, 5.74) is 0. The molecule has 0 radical (unpaired) electrons. The van der Waals surface area contributed by atoms with Gasteiger partial charge in [-0.2, -0.15) is 0 Å². The van der Waals surface area contributed by atoms with Crippen LogP contribution in [0.2, 0.25) is 0 Å². The molecule has 1 atom stereocenters. The van der Waals surface area contributed by atoms with Gasteiger partial charge in [-0.25, -0.2) is 4.79 Å². The van der Waals surface area contributed by atoms with Gasteiger partial charge in [-0.3, -0.25) is 4.79 Å². The van der Waals surface area contributed by atoms with Crippen LogP contribution >= 0.6 is 0 Å². The maximum absolute atomic E-state index is 10.9. The van der Waals surface area contributed by atoms with E-state index in [0.29, 0.717) is 6.61 Å². The lowest BCUT2D eigenvalue weighted by atomic mass is 10.1. The van der Waals surface area contributed by atoms with Crippen LogP contribution in [0.15, 0.2) is 12.7 Å². The minimum absolute atomic E-state index is 0.366. The largest absolute Gasteiger partial charge is 0.415 e. The van der Waals surface area contributed by atoms with Crippen molar-refractivity contribution in [2.45, 2.75) is 19.1 Å². The molecule has 0 saturated carbocycles. The van der Waals surface area contributed by atoms with E-state index in [4.69, 9.17) is 4.74 Å². The van der Waals surface area contributed by atoms with Gasteiger partial charge in [0, 0.05) is 0 Å². The fourth-order valence-corrected chi connectivity index (χ4v) is 0.868. The second kappa shape index (κ2) is 3.06. The van der Waals surface area contributed by atoms with Gasteiger partial charge in [-0.15, -0.1) is 0 Å². The van der Waals surface area contributed by atoms with Crippen LogP contribution in [-0.2, 0) is 19.1 Å². The molecule has 0 spiro atoms. The van der Waals surface area contributed by atoms with Gasteiger partial charge in [0.05, 0.1) is 6.61 Å². The van der Waals surface area contributed by atoms with E-state index in [9.17, 15) is 9.59 Å². The molecule has 0 N–H and O–H groups in total. The Morgan fingerprint density at radius 3 is 2.67 bits per heavy atom. The van der Waals surface area contributed by atoms with Crippen LogP contribution < -0.4 is 0 Å². The molecule has 0 bridgehead atoms. The van der Waals surface area contributed by atoms with Gasteiger partial charge in [0.1, 0.15) is 0 Å². The van der Waals surface area contributed by atoms with Crippen molar-refractivity contribution in [2.24, 2.45) is 0 Å². The summed E-state index contributed by atoms with van der Waals surface area (Å²) in [6, 6.07) is 0. The first kappa shape index (κ1) is 8.93. The maximum atomic E-state index is 10.9. The minimum Gasteiger partial charge on any atom is -0.415 e. The molecule has 1 aliphatic rings. The van der Waals surface area contributed by atoms with Crippen LogP contribution in [0.5, 0.6) is 0 Å². The number of rotatable bonds is 4. The Morgan fingerprint density at radius 1 is 1.67 bits per heavy atom. The molecule has 0 aromatic heterocycles. The van der Waals surface area contributed by atoms with Crippen LogP contribution in [-0.4, -0.2) is 24.1 Å². The lowest BCUT2D eigenvalue weighted by Gasteiger charge is -2.34. The summed E-state index contributed by atoms with van der Waals surface area (Å²) in [4.78, 5) is 21.4. The molecule has 4 nitrogen and oxygen atoms in total. The SMILES string of the molecule is C=CC1(OCCC)OC(=O)C1=O. The molecule has 0 aromatic carbocycles. The predicted molar refractivity (Wildman–Crippen MR) is 40.3 cm³/mol. The molecule has 0 amide bonds. The molecule has 1 heterocycles. The van der Waals surface area contributed by atoms with E-state index in [-0.39, 0.29) is 0 Å². The van der Waals surface area contributed by atoms with Crippen LogP contribution in [0.4, 0.5) is 0 Å². The third kappa shape index (κ3) is 1.14. The summed E-state index contributed by atoms with van der Waals surface area (Å²) in [7, 11) is 0. The monoisotopic (exact) mass is 170 g/mol. The molecule has 0 aliphatic carbocycles. The van der Waals surface area contributed by atoms with Crippen molar-refractivity contribution >= 4 is 11.8 Å². The van der Waals surface area contributed by atoms with Gasteiger partial charge in [0.25, 0.3) is 0 Å². The maximum Gasteiger partial charge on any atom is 0.385 e. The number of cyclic esters (lactones) is 1. The molecule has 1 rings (SSSR count). The van der Waals surface area contributed by atoms with Crippen LogP contribution in [0.25, 0.3) is 0 Å². The molecule has 66 valence electrons.